The molecular formula is C21H25FO4. The molecular weight excluding hydrogens is 335 g/mol. The highest BCUT2D eigenvalue weighted by Crippen LogP contribution is 2.47. The van der Waals surface area contributed by atoms with Gasteiger partial charge in [0.1, 0.15) is 22.9 Å². The molecule has 0 aromatic heterocycles. The van der Waals surface area contributed by atoms with Gasteiger partial charge in [0, 0.05) is 18.1 Å². The molecule has 1 heterocycles. The van der Waals surface area contributed by atoms with E-state index in [1.54, 1.807) is 24.3 Å². The quantitative estimate of drug-likeness (QED) is 0.718. The standard InChI is InChI=1S/C21H25FO4/c1-5-13(2)17-11-21(20(10-19(17)23)25-12-26-21)14(3)8-15-6-7-16(24-4)9-18(15)22/h5-7,9-10,13-14,17H,1,8,11-12H2,2-4H3. The van der Waals surface area contributed by atoms with Crippen molar-refractivity contribution in [2.45, 2.75) is 32.3 Å². The van der Waals surface area contributed by atoms with Gasteiger partial charge in [-0.1, -0.05) is 26.0 Å². The molecule has 0 saturated carbocycles. The molecule has 1 aliphatic heterocycles. The molecule has 140 valence electrons. The zero-order valence-corrected chi connectivity index (χ0v) is 15.5. The van der Waals surface area contributed by atoms with E-state index < -0.39 is 5.60 Å². The Balaban J connectivity index is 1.89. The number of hydrogen-bond acceptors (Lipinski definition) is 4. The highest BCUT2D eigenvalue weighted by Gasteiger charge is 2.52. The lowest BCUT2D eigenvalue weighted by molar-refractivity contribution is -0.124. The summed E-state index contributed by atoms with van der Waals surface area (Å²) in [5, 5.41) is 0. The summed E-state index contributed by atoms with van der Waals surface area (Å²) in [5.41, 5.74) is -0.116. The lowest BCUT2D eigenvalue weighted by Crippen LogP contribution is -2.46. The Morgan fingerprint density at radius 2 is 2.23 bits per heavy atom. The monoisotopic (exact) mass is 360 g/mol. The maximum absolute atomic E-state index is 14.4. The fourth-order valence-corrected chi connectivity index (χ4v) is 3.89. The van der Waals surface area contributed by atoms with Gasteiger partial charge in [-0.3, -0.25) is 4.79 Å². The predicted molar refractivity (Wildman–Crippen MR) is 96.1 cm³/mol. The minimum Gasteiger partial charge on any atom is -0.497 e. The molecule has 0 spiro atoms. The molecule has 1 fully saturated rings. The third-order valence-electron chi connectivity index (χ3n) is 5.70. The number of hydrogen-bond donors (Lipinski definition) is 0. The molecule has 0 radical (unpaired) electrons. The van der Waals surface area contributed by atoms with Crippen molar-refractivity contribution in [1.29, 1.82) is 0 Å². The SMILES string of the molecule is C=CC(C)C1CC2(C(C)Cc3ccc(OC)cc3F)OCOC2=CC1=O. The summed E-state index contributed by atoms with van der Waals surface area (Å²) >= 11 is 0. The summed E-state index contributed by atoms with van der Waals surface area (Å²) in [6.07, 6.45) is 4.34. The van der Waals surface area contributed by atoms with Gasteiger partial charge in [0.2, 0.25) is 0 Å². The van der Waals surface area contributed by atoms with Crippen molar-refractivity contribution in [2.24, 2.45) is 17.8 Å². The molecule has 0 amide bonds. The summed E-state index contributed by atoms with van der Waals surface area (Å²) in [4.78, 5) is 12.5. The molecule has 0 N–H and O–H groups in total. The maximum Gasteiger partial charge on any atom is 0.189 e. The van der Waals surface area contributed by atoms with Crippen LogP contribution in [0.4, 0.5) is 4.39 Å². The fraction of sp³-hybridized carbons (Fsp3) is 0.476. The largest absolute Gasteiger partial charge is 0.497 e. The Hall–Kier alpha value is -2.14. The van der Waals surface area contributed by atoms with Crippen LogP contribution in [0.1, 0.15) is 25.8 Å². The number of allylic oxidation sites excluding steroid dienone is 2. The molecule has 1 aromatic carbocycles. The third kappa shape index (κ3) is 3.16. The van der Waals surface area contributed by atoms with Crippen LogP contribution in [0.5, 0.6) is 5.75 Å². The molecule has 5 heteroatoms. The van der Waals surface area contributed by atoms with Crippen LogP contribution in [0.3, 0.4) is 0 Å². The Morgan fingerprint density at radius 3 is 2.88 bits per heavy atom. The average Bonchev–Trinajstić information content (AvgIpc) is 3.05. The van der Waals surface area contributed by atoms with E-state index in [9.17, 15) is 9.18 Å². The second-order valence-electron chi connectivity index (χ2n) is 7.17. The summed E-state index contributed by atoms with van der Waals surface area (Å²) in [6, 6.07) is 4.87. The molecule has 1 aliphatic carbocycles. The third-order valence-corrected chi connectivity index (χ3v) is 5.70. The van der Waals surface area contributed by atoms with Crippen molar-refractivity contribution >= 4 is 5.78 Å². The number of fused-ring (bicyclic) bond motifs is 1. The average molecular weight is 360 g/mol. The highest BCUT2D eigenvalue weighted by atomic mass is 19.1. The van der Waals surface area contributed by atoms with Crippen molar-refractivity contribution in [3.63, 3.8) is 0 Å². The second-order valence-corrected chi connectivity index (χ2v) is 7.17. The highest BCUT2D eigenvalue weighted by molar-refractivity contribution is 5.94. The normalized spacial score (nSPS) is 27.2. The van der Waals surface area contributed by atoms with Crippen molar-refractivity contribution in [3.05, 3.63) is 54.1 Å². The molecule has 4 atom stereocenters. The van der Waals surface area contributed by atoms with Crippen molar-refractivity contribution in [3.8, 4) is 5.75 Å². The number of ether oxygens (including phenoxy) is 3. The number of halogens is 1. The summed E-state index contributed by atoms with van der Waals surface area (Å²) < 4.78 is 31.1. The second kappa shape index (κ2) is 7.23. The predicted octanol–water partition coefficient (Wildman–Crippen LogP) is 4.05. The van der Waals surface area contributed by atoms with Gasteiger partial charge in [0.05, 0.1) is 7.11 Å². The van der Waals surface area contributed by atoms with Crippen LogP contribution < -0.4 is 4.74 Å². The van der Waals surface area contributed by atoms with E-state index in [2.05, 4.69) is 6.58 Å². The first-order valence-corrected chi connectivity index (χ1v) is 8.89. The Morgan fingerprint density at radius 1 is 1.46 bits per heavy atom. The number of carbonyl (C=O) groups excluding carboxylic acids is 1. The van der Waals surface area contributed by atoms with Gasteiger partial charge in [-0.2, -0.15) is 0 Å². The number of carbonyl (C=O) groups is 1. The molecule has 2 aliphatic rings. The number of benzene rings is 1. The lowest BCUT2D eigenvalue weighted by atomic mass is 9.69. The summed E-state index contributed by atoms with van der Waals surface area (Å²) in [5.74, 6) is 0.549. The van der Waals surface area contributed by atoms with E-state index in [4.69, 9.17) is 14.2 Å². The summed E-state index contributed by atoms with van der Waals surface area (Å²) in [7, 11) is 1.51. The number of methoxy groups -OCH3 is 1. The van der Waals surface area contributed by atoms with Crippen LogP contribution in [0.25, 0.3) is 0 Å². The first-order valence-electron chi connectivity index (χ1n) is 8.89. The van der Waals surface area contributed by atoms with Crippen LogP contribution in [-0.4, -0.2) is 25.3 Å². The topological polar surface area (TPSA) is 44.8 Å². The maximum atomic E-state index is 14.4. The van der Waals surface area contributed by atoms with E-state index >= 15 is 0 Å². The minimum absolute atomic E-state index is 0.0336. The summed E-state index contributed by atoms with van der Waals surface area (Å²) in [6.45, 7) is 7.92. The smallest absolute Gasteiger partial charge is 0.189 e. The molecule has 3 rings (SSSR count). The number of ketones is 1. The Bertz CT molecular complexity index is 742. The van der Waals surface area contributed by atoms with E-state index in [1.807, 2.05) is 13.8 Å². The van der Waals surface area contributed by atoms with E-state index in [0.717, 1.165) is 0 Å². The van der Waals surface area contributed by atoms with Crippen LogP contribution in [0, 0.1) is 23.6 Å². The van der Waals surface area contributed by atoms with Gasteiger partial charge in [-0.05, 0) is 36.3 Å². The van der Waals surface area contributed by atoms with Crippen LogP contribution >= 0.6 is 0 Å². The van der Waals surface area contributed by atoms with Gasteiger partial charge in [0.25, 0.3) is 0 Å². The number of rotatable bonds is 6. The molecule has 1 aromatic rings. The Labute approximate surface area is 153 Å². The zero-order chi connectivity index (χ0) is 18.9. The molecule has 4 nitrogen and oxygen atoms in total. The molecule has 4 unspecified atom stereocenters. The Kier molecular flexibility index (Phi) is 5.19. The van der Waals surface area contributed by atoms with Gasteiger partial charge in [0.15, 0.2) is 12.6 Å². The van der Waals surface area contributed by atoms with Crippen molar-refractivity contribution in [1.82, 2.24) is 0 Å². The zero-order valence-electron chi connectivity index (χ0n) is 15.5. The van der Waals surface area contributed by atoms with Crippen molar-refractivity contribution in [2.75, 3.05) is 13.9 Å². The van der Waals surface area contributed by atoms with Gasteiger partial charge < -0.3 is 14.2 Å². The molecule has 26 heavy (non-hydrogen) atoms. The lowest BCUT2D eigenvalue weighted by Gasteiger charge is -2.39. The van der Waals surface area contributed by atoms with Gasteiger partial charge >= 0.3 is 0 Å². The minimum atomic E-state index is -0.706. The van der Waals surface area contributed by atoms with Crippen molar-refractivity contribution < 1.29 is 23.4 Å². The van der Waals surface area contributed by atoms with Crippen LogP contribution in [0.2, 0.25) is 0 Å². The van der Waals surface area contributed by atoms with Gasteiger partial charge in [-0.25, -0.2) is 4.39 Å². The van der Waals surface area contributed by atoms with Gasteiger partial charge in [-0.15, -0.1) is 6.58 Å². The first kappa shape index (κ1) is 18.6. The first-order chi connectivity index (χ1) is 12.4. The molecule has 1 saturated heterocycles. The van der Waals surface area contributed by atoms with E-state index in [1.165, 1.54) is 13.2 Å². The van der Waals surface area contributed by atoms with Crippen LogP contribution in [-0.2, 0) is 20.7 Å². The molecule has 0 bridgehead atoms. The van der Waals surface area contributed by atoms with E-state index in [0.29, 0.717) is 29.9 Å². The van der Waals surface area contributed by atoms with Crippen LogP contribution in [0.15, 0.2) is 42.7 Å². The fourth-order valence-electron chi connectivity index (χ4n) is 3.89. The van der Waals surface area contributed by atoms with E-state index in [-0.39, 0.29) is 36.1 Å².